The summed E-state index contributed by atoms with van der Waals surface area (Å²) in [6.45, 7) is 6.46. The van der Waals surface area contributed by atoms with Crippen LogP contribution in [0.3, 0.4) is 0 Å². The first kappa shape index (κ1) is 25.3. The maximum absolute atomic E-state index is 11.5. The third-order valence-electron chi connectivity index (χ3n) is 5.19. The van der Waals surface area contributed by atoms with E-state index in [1.54, 1.807) is 19.2 Å². The fraction of sp³-hybridized carbons (Fsp3) is 0.458. The molecule has 0 spiro atoms. The van der Waals surface area contributed by atoms with Gasteiger partial charge in [-0.15, -0.1) is 0 Å². The predicted molar refractivity (Wildman–Crippen MR) is 128 cm³/mol. The van der Waals surface area contributed by atoms with Crippen molar-refractivity contribution >= 4 is 29.5 Å². The van der Waals surface area contributed by atoms with E-state index in [1.807, 2.05) is 37.4 Å². The number of hydrogen-bond donors (Lipinski definition) is 1. The van der Waals surface area contributed by atoms with Crippen molar-refractivity contribution in [1.29, 1.82) is 0 Å². The van der Waals surface area contributed by atoms with Crippen molar-refractivity contribution in [1.82, 2.24) is 10.2 Å². The molecule has 170 valence electrons. The standard InChI is InChI=1S/C24H32Cl2N2O3/c1-3-23(31-16-15-28-13-4-5-14-28)24(30-2)7-6-11-27-12-10-20(18-29)19-8-9-21(25)22(26)17-19/h3,6-9,11,17-18,20,27H,4-5,10,12-16H2,1-2H3/b11-6+,23-3+,24-7+. The summed E-state index contributed by atoms with van der Waals surface area (Å²) in [5.41, 5.74) is 0.862. The summed E-state index contributed by atoms with van der Waals surface area (Å²) in [5, 5.41) is 4.14. The second-order valence-electron chi connectivity index (χ2n) is 7.30. The summed E-state index contributed by atoms with van der Waals surface area (Å²) >= 11 is 12.0. The lowest BCUT2D eigenvalue weighted by Crippen LogP contribution is -2.24. The minimum absolute atomic E-state index is 0.237. The number of ether oxygens (including phenoxy) is 2. The highest BCUT2D eigenvalue weighted by atomic mass is 35.5. The van der Waals surface area contributed by atoms with Crippen molar-refractivity contribution in [2.24, 2.45) is 0 Å². The quantitative estimate of drug-likeness (QED) is 0.184. The van der Waals surface area contributed by atoms with E-state index in [9.17, 15) is 4.79 Å². The van der Waals surface area contributed by atoms with Crippen molar-refractivity contribution in [2.45, 2.75) is 32.1 Å². The van der Waals surface area contributed by atoms with Crippen molar-refractivity contribution in [3.63, 3.8) is 0 Å². The van der Waals surface area contributed by atoms with Crippen LogP contribution < -0.4 is 5.32 Å². The zero-order valence-electron chi connectivity index (χ0n) is 18.3. The molecule has 0 radical (unpaired) electrons. The van der Waals surface area contributed by atoms with Crippen molar-refractivity contribution in [3.8, 4) is 0 Å². The Labute approximate surface area is 195 Å². The number of methoxy groups -OCH3 is 1. The monoisotopic (exact) mass is 466 g/mol. The van der Waals surface area contributed by atoms with E-state index in [0.29, 0.717) is 35.4 Å². The Kier molecular flexibility index (Phi) is 11.6. The average molecular weight is 467 g/mol. The van der Waals surface area contributed by atoms with Gasteiger partial charge in [0.1, 0.15) is 12.9 Å². The number of carbonyl (C=O) groups excluding carboxylic acids is 1. The number of nitrogens with one attached hydrogen (secondary N) is 1. The smallest absolute Gasteiger partial charge is 0.160 e. The van der Waals surface area contributed by atoms with Crippen molar-refractivity contribution < 1.29 is 14.3 Å². The highest BCUT2D eigenvalue weighted by molar-refractivity contribution is 6.42. The third-order valence-corrected chi connectivity index (χ3v) is 5.93. The normalized spacial score (nSPS) is 16.5. The lowest BCUT2D eigenvalue weighted by molar-refractivity contribution is -0.109. The molecular formula is C24H32Cl2N2O3. The summed E-state index contributed by atoms with van der Waals surface area (Å²) in [6.07, 6.45) is 11.6. The molecule has 0 aromatic heterocycles. The van der Waals surface area contributed by atoms with Crippen LogP contribution in [0, 0.1) is 0 Å². The Morgan fingerprint density at radius 3 is 2.65 bits per heavy atom. The Morgan fingerprint density at radius 1 is 1.23 bits per heavy atom. The molecule has 0 saturated carbocycles. The number of benzene rings is 1. The highest BCUT2D eigenvalue weighted by Crippen LogP contribution is 2.27. The Balaban J connectivity index is 1.78. The van der Waals surface area contributed by atoms with Gasteiger partial charge in [-0.2, -0.15) is 0 Å². The first-order valence-electron chi connectivity index (χ1n) is 10.6. The van der Waals surface area contributed by atoms with Crippen LogP contribution in [0.15, 0.2) is 54.1 Å². The molecule has 0 bridgehead atoms. The number of nitrogens with zero attached hydrogens (tertiary/aromatic N) is 1. The van der Waals surface area contributed by atoms with E-state index in [4.69, 9.17) is 32.7 Å². The first-order chi connectivity index (χ1) is 15.1. The van der Waals surface area contributed by atoms with Gasteiger partial charge in [0.2, 0.25) is 0 Å². The Bertz CT molecular complexity index is 787. The molecule has 7 heteroatoms. The van der Waals surface area contributed by atoms with Gasteiger partial charge in [-0.25, -0.2) is 0 Å². The molecule has 2 rings (SSSR count). The zero-order chi connectivity index (χ0) is 22.5. The molecule has 1 unspecified atom stereocenters. The van der Waals surface area contributed by atoms with Crippen LogP contribution in [0.1, 0.15) is 37.7 Å². The van der Waals surface area contributed by atoms with E-state index < -0.39 is 0 Å². The number of hydrogen-bond acceptors (Lipinski definition) is 5. The molecule has 1 N–H and O–H groups in total. The van der Waals surface area contributed by atoms with Gasteiger partial charge in [-0.3, -0.25) is 4.90 Å². The van der Waals surface area contributed by atoms with Crippen LogP contribution in [0.4, 0.5) is 0 Å². The molecule has 1 aliphatic rings. The largest absolute Gasteiger partial charge is 0.493 e. The second-order valence-corrected chi connectivity index (χ2v) is 8.12. The molecule has 1 atom stereocenters. The molecule has 1 heterocycles. The fourth-order valence-corrected chi connectivity index (χ4v) is 3.73. The van der Waals surface area contributed by atoms with E-state index in [1.165, 1.54) is 12.8 Å². The minimum atomic E-state index is -0.237. The van der Waals surface area contributed by atoms with Crippen molar-refractivity contribution in [2.75, 3.05) is 39.9 Å². The molecule has 1 aromatic rings. The van der Waals surface area contributed by atoms with E-state index >= 15 is 0 Å². The molecule has 1 aromatic carbocycles. The van der Waals surface area contributed by atoms with Crippen LogP contribution in [-0.4, -0.2) is 51.1 Å². The average Bonchev–Trinajstić information content (AvgIpc) is 3.30. The Morgan fingerprint density at radius 2 is 2.00 bits per heavy atom. The topological polar surface area (TPSA) is 50.8 Å². The summed E-state index contributed by atoms with van der Waals surface area (Å²) < 4.78 is 11.4. The molecule has 1 saturated heterocycles. The summed E-state index contributed by atoms with van der Waals surface area (Å²) in [6, 6.07) is 5.29. The van der Waals surface area contributed by atoms with Gasteiger partial charge in [-0.1, -0.05) is 29.3 Å². The van der Waals surface area contributed by atoms with Crippen molar-refractivity contribution in [3.05, 3.63) is 69.8 Å². The van der Waals surface area contributed by atoms with Crippen LogP contribution in [0.2, 0.25) is 10.0 Å². The number of aldehydes is 1. The van der Waals surface area contributed by atoms with Gasteiger partial charge < -0.3 is 19.6 Å². The molecule has 0 amide bonds. The lowest BCUT2D eigenvalue weighted by Gasteiger charge is -2.17. The first-order valence-corrected chi connectivity index (χ1v) is 11.4. The Hall–Kier alpha value is -1.95. The van der Waals surface area contributed by atoms with E-state index in [0.717, 1.165) is 37.2 Å². The zero-order valence-corrected chi connectivity index (χ0v) is 19.8. The molecule has 1 aliphatic heterocycles. The van der Waals surface area contributed by atoms with Crippen LogP contribution in [0.5, 0.6) is 0 Å². The summed E-state index contributed by atoms with van der Waals surface area (Å²) in [5.74, 6) is 1.16. The minimum Gasteiger partial charge on any atom is -0.493 e. The second kappa shape index (κ2) is 14.2. The van der Waals surface area contributed by atoms with Crippen LogP contribution >= 0.6 is 23.2 Å². The highest BCUT2D eigenvalue weighted by Gasteiger charge is 2.13. The predicted octanol–water partition coefficient (Wildman–Crippen LogP) is 5.32. The van der Waals surface area contributed by atoms with Gasteiger partial charge in [0.05, 0.1) is 17.2 Å². The lowest BCUT2D eigenvalue weighted by atomic mass is 9.97. The van der Waals surface area contributed by atoms with Gasteiger partial charge in [0.15, 0.2) is 11.5 Å². The van der Waals surface area contributed by atoms with Gasteiger partial charge in [-0.05, 0) is 81.4 Å². The van der Waals surface area contributed by atoms with Gasteiger partial charge >= 0.3 is 0 Å². The summed E-state index contributed by atoms with van der Waals surface area (Å²) in [4.78, 5) is 13.9. The van der Waals surface area contributed by atoms with Gasteiger partial charge in [0.25, 0.3) is 0 Å². The summed E-state index contributed by atoms with van der Waals surface area (Å²) in [7, 11) is 1.63. The number of allylic oxidation sites excluding steroid dienone is 3. The SMILES string of the molecule is C\C=C(OCCN1CCCC1)/C(=C\C=C\NCCC(C=O)c1ccc(Cl)c(Cl)c1)OC. The van der Waals surface area contributed by atoms with Crippen LogP contribution in [-0.2, 0) is 14.3 Å². The number of halogens is 2. The maximum atomic E-state index is 11.5. The third kappa shape index (κ3) is 8.60. The number of rotatable bonds is 13. The number of likely N-dealkylation sites (tertiary alicyclic amines) is 1. The van der Waals surface area contributed by atoms with Crippen LogP contribution in [0.25, 0.3) is 0 Å². The van der Waals surface area contributed by atoms with E-state index in [-0.39, 0.29) is 5.92 Å². The molecule has 31 heavy (non-hydrogen) atoms. The van der Waals surface area contributed by atoms with Gasteiger partial charge in [0, 0.05) is 19.0 Å². The fourth-order valence-electron chi connectivity index (χ4n) is 3.42. The molecule has 1 fully saturated rings. The molecule has 5 nitrogen and oxygen atoms in total. The number of carbonyl (C=O) groups is 1. The molecular weight excluding hydrogens is 435 g/mol. The molecule has 0 aliphatic carbocycles. The van der Waals surface area contributed by atoms with E-state index in [2.05, 4.69) is 10.2 Å². The maximum Gasteiger partial charge on any atom is 0.160 e.